The first kappa shape index (κ1) is 45.3. The van der Waals surface area contributed by atoms with Crippen LogP contribution in [0.3, 0.4) is 0 Å². The van der Waals surface area contributed by atoms with Crippen LogP contribution in [0.2, 0.25) is 0 Å². The molecule has 2 atom stereocenters. The third-order valence-corrected chi connectivity index (χ3v) is 10.4. The fraction of sp³-hybridized carbons (Fsp3) is 0.200. The molecule has 61 heavy (non-hydrogen) atoms. The first-order chi connectivity index (χ1) is 29.6. The van der Waals surface area contributed by atoms with Crippen LogP contribution in [0, 0.1) is 13.8 Å². The van der Waals surface area contributed by atoms with E-state index in [4.69, 9.17) is 10.8 Å². The summed E-state index contributed by atoms with van der Waals surface area (Å²) in [5.74, 6) is 6.57. The lowest BCUT2D eigenvalue weighted by molar-refractivity contribution is -0.120. The van der Waals surface area contributed by atoms with Gasteiger partial charge in [0.15, 0.2) is 0 Å². The maximum Gasteiger partial charge on any atom is 0.261 e. The molecule has 8 rings (SSSR count). The first-order valence-electron chi connectivity index (χ1n) is 20.0. The van der Waals surface area contributed by atoms with Crippen molar-refractivity contribution in [3.8, 4) is 0 Å². The van der Waals surface area contributed by atoms with Crippen molar-refractivity contribution in [2.75, 3.05) is 19.7 Å². The van der Waals surface area contributed by atoms with Crippen LogP contribution in [-0.4, -0.2) is 63.1 Å². The van der Waals surface area contributed by atoms with Crippen LogP contribution in [0.5, 0.6) is 0 Å². The molecule has 1 aliphatic rings. The second-order valence-electron chi connectivity index (χ2n) is 14.6. The number of imide groups is 1. The van der Waals surface area contributed by atoms with Gasteiger partial charge in [-0.2, -0.15) is 0 Å². The Morgan fingerprint density at radius 1 is 0.607 bits per heavy atom. The third-order valence-electron chi connectivity index (χ3n) is 10.4. The van der Waals surface area contributed by atoms with E-state index < -0.39 is 5.92 Å². The topological polar surface area (TPSA) is 196 Å². The summed E-state index contributed by atoms with van der Waals surface area (Å²) in [7, 11) is 0. The van der Waals surface area contributed by atoms with E-state index in [0.717, 1.165) is 49.4 Å². The maximum atomic E-state index is 13.5. The van der Waals surface area contributed by atoms with Gasteiger partial charge in [-0.05, 0) is 78.1 Å². The van der Waals surface area contributed by atoms with E-state index in [-0.39, 0.29) is 48.9 Å². The number of benzene rings is 5. The van der Waals surface area contributed by atoms with E-state index in [1.165, 1.54) is 10.5 Å². The van der Waals surface area contributed by atoms with Gasteiger partial charge in [0.1, 0.15) is 11.6 Å². The lowest BCUT2D eigenvalue weighted by Gasteiger charge is -2.22. The number of amides is 2. The minimum Gasteiger partial charge on any atom is -0.397 e. The van der Waals surface area contributed by atoms with Crippen LogP contribution in [0.4, 0.5) is 0 Å². The van der Waals surface area contributed by atoms with Crippen LogP contribution in [0.25, 0.3) is 21.5 Å². The van der Waals surface area contributed by atoms with Crippen molar-refractivity contribution in [1.29, 1.82) is 0 Å². The van der Waals surface area contributed by atoms with Gasteiger partial charge in [0.2, 0.25) is 0 Å². The second-order valence-corrected chi connectivity index (χ2v) is 14.6. The van der Waals surface area contributed by atoms with Gasteiger partial charge in [0, 0.05) is 68.1 Å². The summed E-state index contributed by atoms with van der Waals surface area (Å²) in [5.41, 5.74) is 12.6. The number of pyridine rings is 2. The molecule has 7 aromatic rings. The number of aromatic nitrogens is 2. The van der Waals surface area contributed by atoms with Gasteiger partial charge in [-0.3, -0.25) is 45.7 Å². The van der Waals surface area contributed by atoms with Gasteiger partial charge < -0.3 is 10.8 Å². The molecule has 312 valence electrons. The summed E-state index contributed by atoms with van der Waals surface area (Å²) in [4.78, 5) is 61.6. The highest BCUT2D eigenvalue weighted by atomic mass is 16.2. The van der Waals surface area contributed by atoms with E-state index in [1.807, 2.05) is 111 Å². The standard InChI is InChI=1S/C28H22N2O3.C20H20N2O.C2H6O.H4N2/c1-18-6-9-20(10-7-18)25(17-30-27(32)23-4-2-3-5-24(23)28(30)33)26(31)15-19-8-11-22-16-29-13-12-21(22)14-19;1-14-2-5-16(6-3-14)19(12-21)20(23)11-15-4-7-18-13-22-9-8-17(18)10-15;1-2-3;1-2/h2-14,16,25H,15,17H2,1H3;2-10,13,19H,11-12,21H2,1H3;3H,2H2,1H3;1-2H2. The number of ketones is 2. The summed E-state index contributed by atoms with van der Waals surface area (Å²) in [5, 5.41) is 11.8. The summed E-state index contributed by atoms with van der Waals surface area (Å²) in [6.07, 6.45) is 7.72. The van der Waals surface area contributed by atoms with Gasteiger partial charge in [0.25, 0.3) is 11.8 Å². The summed E-state index contributed by atoms with van der Waals surface area (Å²) in [6, 6.07) is 38.3. The van der Waals surface area contributed by atoms with E-state index in [2.05, 4.69) is 27.7 Å². The summed E-state index contributed by atoms with van der Waals surface area (Å²) < 4.78 is 0. The predicted octanol–water partition coefficient (Wildman–Crippen LogP) is 6.95. The molecule has 0 radical (unpaired) electrons. The lowest BCUT2D eigenvalue weighted by Crippen LogP contribution is -2.36. The Morgan fingerprint density at radius 3 is 1.44 bits per heavy atom. The number of aliphatic hydroxyl groups is 1. The van der Waals surface area contributed by atoms with Crippen LogP contribution in [-0.2, 0) is 22.4 Å². The highest BCUT2D eigenvalue weighted by Crippen LogP contribution is 2.29. The molecule has 2 aromatic heterocycles. The smallest absolute Gasteiger partial charge is 0.261 e. The Labute approximate surface area is 356 Å². The fourth-order valence-electron chi connectivity index (χ4n) is 7.17. The van der Waals surface area contributed by atoms with Gasteiger partial charge >= 0.3 is 0 Å². The van der Waals surface area contributed by atoms with Crippen molar-refractivity contribution in [2.45, 2.75) is 45.4 Å². The molecule has 1 aliphatic heterocycles. The van der Waals surface area contributed by atoms with E-state index >= 15 is 0 Å². The Morgan fingerprint density at radius 2 is 1.02 bits per heavy atom. The SMILES string of the molecule is CCO.Cc1ccc(C(CN)C(=O)Cc2ccc3cnccc3c2)cc1.Cc1ccc(C(CN2C(=O)c3ccccc3C2=O)C(=O)Cc2ccc3cnccc3c2)cc1.NN. The zero-order valence-corrected chi connectivity index (χ0v) is 34.7. The molecule has 7 N–H and O–H groups in total. The number of fused-ring (bicyclic) bond motifs is 3. The zero-order chi connectivity index (χ0) is 43.9. The molecular formula is C50H52N6O5. The van der Waals surface area contributed by atoms with Crippen molar-refractivity contribution < 1.29 is 24.3 Å². The minimum absolute atomic E-state index is 0.0196. The van der Waals surface area contributed by atoms with Crippen molar-refractivity contribution in [3.05, 3.63) is 191 Å². The number of hydrogen-bond donors (Lipinski definition) is 4. The van der Waals surface area contributed by atoms with Crippen molar-refractivity contribution >= 4 is 44.9 Å². The molecule has 11 heteroatoms. The largest absolute Gasteiger partial charge is 0.397 e. The molecule has 0 saturated carbocycles. The first-order valence-corrected chi connectivity index (χ1v) is 20.0. The van der Waals surface area contributed by atoms with Gasteiger partial charge in [-0.15, -0.1) is 0 Å². The van der Waals surface area contributed by atoms with Crippen molar-refractivity contribution in [1.82, 2.24) is 14.9 Å². The van der Waals surface area contributed by atoms with Gasteiger partial charge in [-0.25, -0.2) is 0 Å². The maximum absolute atomic E-state index is 13.5. The predicted molar refractivity (Wildman–Crippen MR) is 241 cm³/mol. The van der Waals surface area contributed by atoms with E-state index in [0.29, 0.717) is 24.1 Å². The Hall–Kier alpha value is -6.76. The minimum atomic E-state index is -0.610. The number of aliphatic hydroxyl groups excluding tert-OH is 1. The molecule has 11 nitrogen and oxygen atoms in total. The number of hydrogen-bond acceptors (Lipinski definition) is 10. The molecule has 0 aliphatic carbocycles. The molecule has 2 amide bonds. The van der Waals surface area contributed by atoms with Gasteiger partial charge in [0.05, 0.1) is 23.0 Å². The van der Waals surface area contributed by atoms with Crippen molar-refractivity contribution in [2.24, 2.45) is 17.4 Å². The van der Waals surface area contributed by atoms with Crippen LogP contribution in [0.15, 0.2) is 146 Å². The molecule has 0 saturated heterocycles. The number of nitrogens with two attached hydrogens (primary N) is 3. The highest BCUT2D eigenvalue weighted by molar-refractivity contribution is 6.21. The number of carbonyl (C=O) groups excluding carboxylic acids is 4. The quantitative estimate of drug-likeness (QED) is 0.0603. The molecule has 0 spiro atoms. The summed E-state index contributed by atoms with van der Waals surface area (Å²) >= 11 is 0. The number of carbonyl (C=O) groups is 4. The molecule has 3 heterocycles. The average Bonchev–Trinajstić information content (AvgIpc) is 3.52. The second kappa shape index (κ2) is 22.0. The van der Waals surface area contributed by atoms with Gasteiger partial charge in [-0.1, -0.05) is 108 Å². The summed E-state index contributed by atoms with van der Waals surface area (Å²) in [6.45, 7) is 6.30. The lowest BCUT2D eigenvalue weighted by atomic mass is 9.89. The fourth-order valence-corrected chi connectivity index (χ4v) is 7.17. The average molecular weight is 817 g/mol. The van der Waals surface area contributed by atoms with Crippen molar-refractivity contribution in [3.63, 3.8) is 0 Å². The van der Waals surface area contributed by atoms with E-state index in [9.17, 15) is 19.2 Å². The number of nitrogens with zero attached hydrogens (tertiary/aromatic N) is 3. The monoisotopic (exact) mass is 816 g/mol. The number of rotatable bonds is 11. The Balaban J connectivity index is 0.000000220. The van der Waals surface area contributed by atoms with Crippen LogP contribution >= 0.6 is 0 Å². The number of Topliss-reactive ketones (excluding diaryl/α,β-unsaturated/α-hetero) is 2. The third kappa shape index (κ3) is 11.5. The Bertz CT molecular complexity index is 2560. The molecule has 0 fully saturated rings. The molecular weight excluding hydrogens is 765 g/mol. The van der Waals surface area contributed by atoms with E-state index in [1.54, 1.807) is 49.8 Å². The van der Waals surface area contributed by atoms with Crippen LogP contribution in [0.1, 0.15) is 72.9 Å². The Kier molecular flexibility index (Phi) is 16.4. The highest BCUT2D eigenvalue weighted by Gasteiger charge is 2.38. The molecule has 0 bridgehead atoms. The number of hydrazine groups is 1. The number of aryl methyl sites for hydroxylation is 2. The normalized spacial score (nSPS) is 12.5. The molecule has 2 unspecified atom stereocenters. The zero-order valence-electron chi connectivity index (χ0n) is 34.7. The molecule has 5 aromatic carbocycles. The van der Waals surface area contributed by atoms with Crippen LogP contribution < -0.4 is 17.4 Å².